The van der Waals surface area contributed by atoms with Crippen molar-refractivity contribution < 1.29 is 19.1 Å². The highest BCUT2D eigenvalue weighted by Crippen LogP contribution is 2.19. The van der Waals surface area contributed by atoms with E-state index in [1.54, 1.807) is 36.4 Å². The van der Waals surface area contributed by atoms with Gasteiger partial charge >= 0.3 is 0 Å². The highest BCUT2D eigenvalue weighted by Gasteiger charge is 2.12. The lowest BCUT2D eigenvalue weighted by Gasteiger charge is -2.26. The molecule has 1 aliphatic heterocycles. The number of rotatable bonds is 9. The van der Waals surface area contributed by atoms with Gasteiger partial charge in [0.2, 0.25) is 0 Å². The number of amides is 2. The van der Waals surface area contributed by atoms with Gasteiger partial charge in [-0.25, -0.2) is 0 Å². The first-order chi connectivity index (χ1) is 16.6. The van der Waals surface area contributed by atoms with Crippen LogP contribution in [0.25, 0.3) is 0 Å². The Kier molecular flexibility index (Phi) is 7.91. The molecule has 1 heterocycles. The third-order valence-corrected chi connectivity index (χ3v) is 5.77. The van der Waals surface area contributed by atoms with Crippen molar-refractivity contribution in [2.24, 2.45) is 5.73 Å². The fourth-order valence-corrected chi connectivity index (χ4v) is 3.83. The first-order valence-electron chi connectivity index (χ1n) is 11.4. The standard InChI is InChI=1S/C27H29N3O4/c28-26(31)24-6-1-2-7-25(24)34-19-21-4-3-5-22(18-21)27(32)29-23-10-8-20(9-11-23)12-13-30-14-16-33-17-15-30/h1-11,18H,12-17,19H2,(H2,28,31)(H,29,32). The average molecular weight is 460 g/mol. The Balaban J connectivity index is 1.32. The second-order valence-electron chi connectivity index (χ2n) is 8.20. The molecule has 3 aromatic carbocycles. The molecule has 0 bridgehead atoms. The summed E-state index contributed by atoms with van der Waals surface area (Å²) in [7, 11) is 0. The number of nitrogens with two attached hydrogens (primary N) is 1. The molecule has 1 saturated heterocycles. The molecule has 0 unspecified atom stereocenters. The predicted molar refractivity (Wildman–Crippen MR) is 131 cm³/mol. The maximum absolute atomic E-state index is 12.8. The molecule has 0 spiro atoms. The van der Waals surface area contributed by atoms with Crippen LogP contribution in [0.5, 0.6) is 5.75 Å². The number of carbonyl (C=O) groups excluding carboxylic acids is 2. The van der Waals surface area contributed by atoms with Crippen LogP contribution in [0.4, 0.5) is 5.69 Å². The minimum absolute atomic E-state index is 0.194. The Hall–Kier alpha value is -3.68. The van der Waals surface area contributed by atoms with E-state index in [-0.39, 0.29) is 12.5 Å². The van der Waals surface area contributed by atoms with Crippen LogP contribution in [0.15, 0.2) is 72.8 Å². The second kappa shape index (κ2) is 11.4. The fourth-order valence-electron chi connectivity index (χ4n) is 3.83. The molecule has 0 aliphatic carbocycles. The molecule has 1 fully saturated rings. The van der Waals surface area contributed by atoms with Crippen LogP contribution in [-0.4, -0.2) is 49.6 Å². The number of para-hydroxylation sites is 1. The van der Waals surface area contributed by atoms with Gasteiger partial charge in [0.25, 0.3) is 11.8 Å². The molecule has 0 atom stereocenters. The number of carbonyl (C=O) groups is 2. The summed E-state index contributed by atoms with van der Waals surface area (Å²) in [6.45, 7) is 4.79. The normalized spacial score (nSPS) is 13.9. The molecule has 1 aliphatic rings. The van der Waals surface area contributed by atoms with Crippen LogP contribution in [0.3, 0.4) is 0 Å². The van der Waals surface area contributed by atoms with Gasteiger partial charge in [-0.15, -0.1) is 0 Å². The smallest absolute Gasteiger partial charge is 0.255 e. The van der Waals surface area contributed by atoms with Crippen molar-refractivity contribution in [1.29, 1.82) is 0 Å². The average Bonchev–Trinajstić information content (AvgIpc) is 2.88. The number of nitrogens with one attached hydrogen (secondary N) is 1. The number of primary amides is 1. The van der Waals surface area contributed by atoms with E-state index in [2.05, 4.69) is 22.3 Å². The SMILES string of the molecule is NC(=O)c1ccccc1OCc1cccc(C(=O)Nc2ccc(CCN3CCOCC3)cc2)c1. The van der Waals surface area contributed by atoms with Gasteiger partial charge in [0.1, 0.15) is 12.4 Å². The summed E-state index contributed by atoms with van der Waals surface area (Å²) in [6.07, 6.45) is 0.967. The van der Waals surface area contributed by atoms with Gasteiger partial charge in [-0.1, -0.05) is 36.4 Å². The van der Waals surface area contributed by atoms with Crippen molar-refractivity contribution in [3.05, 3.63) is 95.1 Å². The maximum Gasteiger partial charge on any atom is 0.255 e. The number of morpholine rings is 1. The predicted octanol–water partition coefficient (Wildman–Crippen LogP) is 3.49. The summed E-state index contributed by atoms with van der Waals surface area (Å²) in [6, 6.07) is 22.0. The highest BCUT2D eigenvalue weighted by atomic mass is 16.5. The third kappa shape index (κ3) is 6.43. The van der Waals surface area contributed by atoms with Gasteiger partial charge < -0.3 is 20.5 Å². The van der Waals surface area contributed by atoms with Crippen molar-refractivity contribution >= 4 is 17.5 Å². The van der Waals surface area contributed by atoms with Crippen LogP contribution in [-0.2, 0) is 17.8 Å². The number of ether oxygens (including phenoxy) is 2. The van der Waals surface area contributed by atoms with Gasteiger partial charge in [0.15, 0.2) is 0 Å². The molecule has 0 aromatic heterocycles. The van der Waals surface area contributed by atoms with Gasteiger partial charge in [0, 0.05) is 30.9 Å². The van der Waals surface area contributed by atoms with Crippen molar-refractivity contribution in [2.45, 2.75) is 13.0 Å². The van der Waals surface area contributed by atoms with E-state index in [1.807, 2.05) is 24.3 Å². The van der Waals surface area contributed by atoms with Gasteiger partial charge in [-0.2, -0.15) is 0 Å². The minimum atomic E-state index is -0.546. The van der Waals surface area contributed by atoms with Gasteiger partial charge in [0.05, 0.1) is 18.8 Å². The van der Waals surface area contributed by atoms with Crippen molar-refractivity contribution in [1.82, 2.24) is 4.90 Å². The van der Waals surface area contributed by atoms with E-state index in [0.717, 1.165) is 50.5 Å². The molecule has 4 rings (SSSR count). The Labute approximate surface area is 199 Å². The zero-order valence-corrected chi connectivity index (χ0v) is 19.0. The second-order valence-corrected chi connectivity index (χ2v) is 8.20. The third-order valence-electron chi connectivity index (χ3n) is 5.77. The molecule has 0 saturated carbocycles. The van der Waals surface area contributed by atoms with E-state index in [9.17, 15) is 9.59 Å². The Morgan fingerprint density at radius 1 is 0.941 bits per heavy atom. The summed E-state index contributed by atoms with van der Waals surface area (Å²) in [5.41, 5.74) is 9.05. The first kappa shape index (κ1) is 23.5. The lowest BCUT2D eigenvalue weighted by molar-refractivity contribution is 0.0384. The highest BCUT2D eigenvalue weighted by molar-refractivity contribution is 6.04. The summed E-state index contributed by atoms with van der Waals surface area (Å²) >= 11 is 0. The Morgan fingerprint density at radius 3 is 2.47 bits per heavy atom. The van der Waals surface area contributed by atoms with E-state index in [1.165, 1.54) is 5.56 Å². The molecule has 176 valence electrons. The van der Waals surface area contributed by atoms with E-state index >= 15 is 0 Å². The van der Waals surface area contributed by atoms with Crippen LogP contribution in [0.1, 0.15) is 31.8 Å². The lowest BCUT2D eigenvalue weighted by Crippen LogP contribution is -2.37. The molecule has 7 nitrogen and oxygen atoms in total. The van der Waals surface area contributed by atoms with Crippen LogP contribution >= 0.6 is 0 Å². The van der Waals surface area contributed by atoms with Crippen molar-refractivity contribution in [3.8, 4) is 5.75 Å². The zero-order chi connectivity index (χ0) is 23.8. The van der Waals surface area contributed by atoms with E-state index in [0.29, 0.717) is 16.9 Å². The van der Waals surface area contributed by atoms with Crippen molar-refractivity contribution in [2.75, 3.05) is 38.2 Å². The van der Waals surface area contributed by atoms with Gasteiger partial charge in [-0.05, 0) is 53.9 Å². The van der Waals surface area contributed by atoms with E-state index < -0.39 is 5.91 Å². The van der Waals surface area contributed by atoms with E-state index in [4.69, 9.17) is 15.2 Å². The molecule has 0 radical (unpaired) electrons. The first-order valence-corrected chi connectivity index (χ1v) is 11.4. The molecule has 34 heavy (non-hydrogen) atoms. The fraction of sp³-hybridized carbons (Fsp3) is 0.259. The molecule has 3 N–H and O–H groups in total. The Bertz CT molecular complexity index is 1120. The summed E-state index contributed by atoms with van der Waals surface area (Å²) < 4.78 is 11.2. The van der Waals surface area contributed by atoms with Crippen LogP contribution in [0.2, 0.25) is 0 Å². The Morgan fingerprint density at radius 2 is 1.71 bits per heavy atom. The summed E-state index contributed by atoms with van der Waals surface area (Å²) in [5, 5.41) is 2.95. The van der Waals surface area contributed by atoms with Crippen LogP contribution < -0.4 is 15.8 Å². The number of nitrogens with zero attached hydrogens (tertiary/aromatic N) is 1. The van der Waals surface area contributed by atoms with Crippen molar-refractivity contribution in [3.63, 3.8) is 0 Å². The number of hydrogen-bond donors (Lipinski definition) is 2. The summed E-state index contributed by atoms with van der Waals surface area (Å²) in [4.78, 5) is 26.7. The van der Waals surface area contributed by atoms with Crippen LogP contribution in [0, 0.1) is 0 Å². The maximum atomic E-state index is 12.8. The molecule has 2 amide bonds. The molecule has 7 heteroatoms. The minimum Gasteiger partial charge on any atom is -0.488 e. The number of hydrogen-bond acceptors (Lipinski definition) is 5. The number of benzene rings is 3. The topological polar surface area (TPSA) is 93.9 Å². The molecular weight excluding hydrogens is 430 g/mol. The quantitative estimate of drug-likeness (QED) is 0.511. The van der Waals surface area contributed by atoms with Gasteiger partial charge in [-0.3, -0.25) is 14.5 Å². The molecule has 3 aromatic rings. The molecular formula is C27H29N3O4. The largest absolute Gasteiger partial charge is 0.488 e. The lowest BCUT2D eigenvalue weighted by atomic mass is 10.1. The zero-order valence-electron chi connectivity index (χ0n) is 19.0. The monoisotopic (exact) mass is 459 g/mol. The summed E-state index contributed by atoms with van der Waals surface area (Å²) in [5.74, 6) is -0.324. The number of anilines is 1.